The second-order valence-electron chi connectivity index (χ2n) is 3.23. The van der Waals surface area contributed by atoms with Crippen molar-refractivity contribution in [2.75, 3.05) is 11.9 Å². The number of rotatable bonds is 2. The fraction of sp³-hybridized carbons (Fsp3) is 0.0833. The van der Waals surface area contributed by atoms with Crippen molar-refractivity contribution in [2.45, 2.75) is 0 Å². The minimum atomic E-state index is 0.940. The Kier molecular flexibility index (Phi) is 3.02. The van der Waals surface area contributed by atoms with E-state index in [-0.39, 0.29) is 0 Å². The van der Waals surface area contributed by atoms with E-state index < -0.39 is 0 Å². The summed E-state index contributed by atoms with van der Waals surface area (Å²) in [7, 11) is 2.00. The largest absolute Gasteiger partial charge is 0.329 e. The lowest BCUT2D eigenvalue weighted by atomic mass is 10.3. The minimum absolute atomic E-state index is 0.940. The highest BCUT2D eigenvalue weighted by atomic mass is 79.9. The molecule has 1 heterocycles. The SMILES string of the molecule is CN(c1cccc(Br)c1)c1ccccn1. The summed E-state index contributed by atoms with van der Waals surface area (Å²) in [6.07, 6.45) is 1.80. The molecule has 76 valence electrons. The first-order valence-electron chi connectivity index (χ1n) is 4.68. The molecule has 0 unspecified atom stereocenters. The molecule has 15 heavy (non-hydrogen) atoms. The van der Waals surface area contributed by atoms with Crippen molar-refractivity contribution in [3.05, 3.63) is 53.1 Å². The van der Waals surface area contributed by atoms with Gasteiger partial charge in [0.1, 0.15) is 5.82 Å². The van der Waals surface area contributed by atoms with E-state index >= 15 is 0 Å². The molecule has 0 saturated carbocycles. The van der Waals surface area contributed by atoms with Crippen LogP contribution in [0.5, 0.6) is 0 Å². The number of hydrogen-bond acceptors (Lipinski definition) is 2. The summed E-state index contributed by atoms with van der Waals surface area (Å²) in [6, 6.07) is 14.0. The van der Waals surface area contributed by atoms with E-state index in [4.69, 9.17) is 0 Å². The Morgan fingerprint density at radius 3 is 2.67 bits per heavy atom. The van der Waals surface area contributed by atoms with E-state index in [9.17, 15) is 0 Å². The summed E-state index contributed by atoms with van der Waals surface area (Å²) in [5.74, 6) is 0.940. The quantitative estimate of drug-likeness (QED) is 0.822. The lowest BCUT2D eigenvalue weighted by molar-refractivity contribution is 1.13. The lowest BCUT2D eigenvalue weighted by Crippen LogP contribution is -2.10. The van der Waals surface area contributed by atoms with E-state index in [0.717, 1.165) is 16.0 Å². The van der Waals surface area contributed by atoms with Gasteiger partial charge in [-0.05, 0) is 30.3 Å². The van der Waals surface area contributed by atoms with Gasteiger partial charge >= 0.3 is 0 Å². The molecule has 0 spiro atoms. The molecular weight excluding hydrogens is 252 g/mol. The number of pyridine rings is 1. The number of aromatic nitrogens is 1. The highest BCUT2D eigenvalue weighted by molar-refractivity contribution is 9.10. The zero-order valence-corrected chi connectivity index (χ0v) is 9.98. The molecule has 1 aromatic heterocycles. The van der Waals surface area contributed by atoms with Gasteiger partial charge in [0.25, 0.3) is 0 Å². The monoisotopic (exact) mass is 262 g/mol. The molecule has 0 aliphatic heterocycles. The third kappa shape index (κ3) is 2.36. The minimum Gasteiger partial charge on any atom is -0.329 e. The predicted molar refractivity (Wildman–Crippen MR) is 66.4 cm³/mol. The topological polar surface area (TPSA) is 16.1 Å². The molecule has 2 aromatic rings. The number of anilines is 2. The maximum absolute atomic E-state index is 4.30. The summed E-state index contributed by atoms with van der Waals surface area (Å²) in [5, 5.41) is 0. The Labute approximate surface area is 97.7 Å². The van der Waals surface area contributed by atoms with Crippen LogP contribution in [0.3, 0.4) is 0 Å². The van der Waals surface area contributed by atoms with Gasteiger partial charge in [0, 0.05) is 23.4 Å². The number of benzene rings is 1. The molecule has 0 atom stereocenters. The standard InChI is InChI=1S/C12H11BrN2/c1-15(12-7-2-3-8-14-12)11-6-4-5-10(13)9-11/h2-9H,1H3. The van der Waals surface area contributed by atoms with Crippen molar-refractivity contribution in [3.63, 3.8) is 0 Å². The Morgan fingerprint density at radius 1 is 1.13 bits per heavy atom. The second kappa shape index (κ2) is 4.45. The molecule has 0 bridgehead atoms. The summed E-state index contributed by atoms with van der Waals surface area (Å²) < 4.78 is 1.07. The Bertz CT molecular complexity index is 442. The van der Waals surface area contributed by atoms with E-state index in [1.807, 2.05) is 42.3 Å². The van der Waals surface area contributed by atoms with E-state index in [1.165, 1.54) is 0 Å². The molecule has 0 aliphatic carbocycles. The Balaban J connectivity index is 2.32. The van der Waals surface area contributed by atoms with Crippen LogP contribution in [0.15, 0.2) is 53.1 Å². The molecule has 0 aliphatic rings. The van der Waals surface area contributed by atoms with Crippen molar-refractivity contribution in [1.29, 1.82) is 0 Å². The van der Waals surface area contributed by atoms with Gasteiger partial charge in [0.2, 0.25) is 0 Å². The molecule has 0 N–H and O–H groups in total. The molecular formula is C12H11BrN2. The van der Waals surface area contributed by atoms with Gasteiger partial charge in [0.15, 0.2) is 0 Å². The lowest BCUT2D eigenvalue weighted by Gasteiger charge is -2.18. The highest BCUT2D eigenvalue weighted by Gasteiger charge is 2.03. The Hall–Kier alpha value is -1.35. The van der Waals surface area contributed by atoms with Crippen LogP contribution in [0.25, 0.3) is 0 Å². The van der Waals surface area contributed by atoms with Crippen LogP contribution in [-0.2, 0) is 0 Å². The van der Waals surface area contributed by atoms with Gasteiger partial charge in [-0.2, -0.15) is 0 Å². The second-order valence-corrected chi connectivity index (χ2v) is 4.14. The molecule has 2 nitrogen and oxygen atoms in total. The van der Waals surface area contributed by atoms with Crippen molar-refractivity contribution >= 4 is 27.4 Å². The van der Waals surface area contributed by atoms with Gasteiger partial charge in [0.05, 0.1) is 0 Å². The average Bonchev–Trinajstić information content (AvgIpc) is 2.29. The van der Waals surface area contributed by atoms with Crippen molar-refractivity contribution < 1.29 is 0 Å². The first-order valence-corrected chi connectivity index (χ1v) is 5.47. The van der Waals surface area contributed by atoms with E-state index in [0.29, 0.717) is 0 Å². The first kappa shape index (κ1) is 10.2. The zero-order chi connectivity index (χ0) is 10.7. The van der Waals surface area contributed by atoms with E-state index in [1.54, 1.807) is 6.20 Å². The summed E-state index contributed by atoms with van der Waals surface area (Å²) in [6.45, 7) is 0. The van der Waals surface area contributed by atoms with Crippen LogP contribution in [0.1, 0.15) is 0 Å². The fourth-order valence-electron chi connectivity index (χ4n) is 1.37. The summed E-state index contributed by atoms with van der Waals surface area (Å²) >= 11 is 3.46. The third-order valence-corrected chi connectivity index (χ3v) is 2.68. The van der Waals surface area contributed by atoms with Crippen molar-refractivity contribution in [2.24, 2.45) is 0 Å². The van der Waals surface area contributed by atoms with E-state index in [2.05, 4.69) is 33.0 Å². The molecule has 0 radical (unpaired) electrons. The number of nitrogens with zero attached hydrogens (tertiary/aromatic N) is 2. The zero-order valence-electron chi connectivity index (χ0n) is 8.39. The molecule has 0 amide bonds. The van der Waals surface area contributed by atoms with Crippen LogP contribution in [-0.4, -0.2) is 12.0 Å². The average molecular weight is 263 g/mol. The molecule has 0 fully saturated rings. The van der Waals surface area contributed by atoms with Gasteiger partial charge in [-0.1, -0.05) is 28.1 Å². The predicted octanol–water partition coefficient (Wildman–Crippen LogP) is 3.61. The smallest absolute Gasteiger partial charge is 0.132 e. The maximum atomic E-state index is 4.30. The van der Waals surface area contributed by atoms with Crippen LogP contribution in [0, 0.1) is 0 Å². The van der Waals surface area contributed by atoms with Gasteiger partial charge in [-0.3, -0.25) is 0 Å². The van der Waals surface area contributed by atoms with Crippen molar-refractivity contribution in [1.82, 2.24) is 4.98 Å². The normalized spacial score (nSPS) is 10.0. The van der Waals surface area contributed by atoms with Crippen LogP contribution < -0.4 is 4.90 Å². The molecule has 0 saturated heterocycles. The maximum Gasteiger partial charge on any atom is 0.132 e. The Morgan fingerprint density at radius 2 is 2.00 bits per heavy atom. The fourth-order valence-corrected chi connectivity index (χ4v) is 1.76. The first-order chi connectivity index (χ1) is 7.27. The molecule has 2 rings (SSSR count). The van der Waals surface area contributed by atoms with Crippen LogP contribution >= 0.6 is 15.9 Å². The number of hydrogen-bond donors (Lipinski definition) is 0. The summed E-state index contributed by atoms with van der Waals surface area (Å²) in [4.78, 5) is 6.34. The number of halogens is 1. The van der Waals surface area contributed by atoms with Crippen LogP contribution in [0.4, 0.5) is 11.5 Å². The van der Waals surface area contributed by atoms with Gasteiger partial charge in [-0.15, -0.1) is 0 Å². The highest BCUT2D eigenvalue weighted by Crippen LogP contribution is 2.23. The van der Waals surface area contributed by atoms with Crippen LogP contribution in [0.2, 0.25) is 0 Å². The van der Waals surface area contributed by atoms with Gasteiger partial charge < -0.3 is 4.90 Å². The van der Waals surface area contributed by atoms with Crippen molar-refractivity contribution in [3.8, 4) is 0 Å². The summed E-state index contributed by atoms with van der Waals surface area (Å²) in [5.41, 5.74) is 1.11. The molecule has 1 aromatic carbocycles. The third-order valence-electron chi connectivity index (χ3n) is 2.19. The van der Waals surface area contributed by atoms with Gasteiger partial charge in [-0.25, -0.2) is 4.98 Å². The molecule has 3 heteroatoms.